The lowest BCUT2D eigenvalue weighted by molar-refractivity contribution is 1.11. The van der Waals surface area contributed by atoms with Gasteiger partial charge < -0.3 is 0 Å². The lowest BCUT2D eigenvalue weighted by Gasteiger charge is -2.08. The molecule has 1 aliphatic rings. The molecule has 1 aromatic rings. The van der Waals surface area contributed by atoms with Crippen LogP contribution in [0.4, 0.5) is 0 Å². The molecule has 0 bridgehead atoms. The molecule has 0 fully saturated rings. The molecular weight excluding hydrogens is 192 g/mol. The molecule has 1 aromatic carbocycles. The molecule has 0 N–H and O–H groups in total. The number of hydrogen-bond donors (Lipinski definition) is 0. The Hall–Kier alpha value is -1.56. The first-order valence-corrected chi connectivity index (χ1v) is 5.93. The van der Waals surface area contributed by atoms with E-state index in [0.717, 1.165) is 12.8 Å². The van der Waals surface area contributed by atoms with Crippen LogP contribution < -0.4 is 0 Å². The second kappa shape index (κ2) is 4.98. The topological polar surface area (TPSA) is 0 Å². The van der Waals surface area contributed by atoms with Gasteiger partial charge in [-0.3, -0.25) is 0 Å². The predicted molar refractivity (Wildman–Crippen MR) is 71.4 cm³/mol. The van der Waals surface area contributed by atoms with E-state index < -0.39 is 0 Å². The zero-order chi connectivity index (χ0) is 11.4. The highest BCUT2D eigenvalue weighted by Crippen LogP contribution is 2.23. The van der Waals surface area contributed by atoms with Crippen LogP contribution in [0.2, 0.25) is 0 Å². The Morgan fingerprint density at radius 1 is 1.12 bits per heavy atom. The van der Waals surface area contributed by atoms with Crippen LogP contribution in [0, 0.1) is 6.92 Å². The van der Waals surface area contributed by atoms with Crippen molar-refractivity contribution in [1.29, 1.82) is 0 Å². The third-order valence-corrected chi connectivity index (χ3v) is 3.09. The van der Waals surface area contributed by atoms with Crippen molar-refractivity contribution in [3.8, 4) is 0 Å². The zero-order valence-corrected chi connectivity index (χ0v) is 10.0. The Bertz CT molecular complexity index is 459. The largest absolute Gasteiger partial charge is 0.0801 e. The third-order valence-electron chi connectivity index (χ3n) is 3.09. The molecule has 82 valence electrons. The van der Waals surface area contributed by atoms with Crippen molar-refractivity contribution in [1.82, 2.24) is 0 Å². The van der Waals surface area contributed by atoms with Crippen LogP contribution in [0.25, 0.3) is 5.57 Å². The first-order chi connectivity index (χ1) is 7.81. The molecule has 0 saturated carbocycles. The molecular formula is C16H18. The second-order valence-electron chi connectivity index (χ2n) is 4.20. The van der Waals surface area contributed by atoms with E-state index >= 15 is 0 Å². The van der Waals surface area contributed by atoms with Crippen LogP contribution >= 0.6 is 0 Å². The molecule has 0 saturated heterocycles. The summed E-state index contributed by atoms with van der Waals surface area (Å²) in [5.41, 5.74) is 5.60. The maximum Gasteiger partial charge on any atom is -0.00884 e. The molecule has 0 heterocycles. The lowest BCUT2D eigenvalue weighted by atomic mass is 9.97. The fraction of sp³-hybridized carbons (Fsp3) is 0.250. The van der Waals surface area contributed by atoms with Crippen LogP contribution in [0.3, 0.4) is 0 Å². The van der Waals surface area contributed by atoms with Crippen LogP contribution in [0.15, 0.2) is 48.6 Å². The summed E-state index contributed by atoms with van der Waals surface area (Å²) < 4.78 is 0. The maximum atomic E-state index is 2.30. The molecule has 2 rings (SSSR count). The van der Waals surface area contributed by atoms with Crippen molar-refractivity contribution in [3.63, 3.8) is 0 Å². The first-order valence-electron chi connectivity index (χ1n) is 5.93. The summed E-state index contributed by atoms with van der Waals surface area (Å²) in [5.74, 6) is 0. The smallest absolute Gasteiger partial charge is 0.00884 e. The van der Waals surface area contributed by atoms with Crippen molar-refractivity contribution in [3.05, 3.63) is 65.3 Å². The molecule has 0 heteroatoms. The molecule has 0 spiro atoms. The third kappa shape index (κ3) is 2.33. The van der Waals surface area contributed by atoms with Crippen LogP contribution in [-0.4, -0.2) is 0 Å². The van der Waals surface area contributed by atoms with E-state index in [2.05, 4.69) is 62.4 Å². The molecule has 0 amide bonds. The van der Waals surface area contributed by atoms with Gasteiger partial charge in [-0.15, -0.1) is 0 Å². The van der Waals surface area contributed by atoms with Gasteiger partial charge in [0, 0.05) is 0 Å². The van der Waals surface area contributed by atoms with Gasteiger partial charge in [-0.25, -0.2) is 0 Å². The van der Waals surface area contributed by atoms with Gasteiger partial charge in [0.2, 0.25) is 0 Å². The number of hydrogen-bond acceptors (Lipinski definition) is 0. The highest BCUT2D eigenvalue weighted by atomic mass is 14.1. The van der Waals surface area contributed by atoms with Gasteiger partial charge in [-0.1, -0.05) is 55.5 Å². The summed E-state index contributed by atoms with van der Waals surface area (Å²) in [7, 11) is 0. The van der Waals surface area contributed by atoms with E-state index in [1.54, 1.807) is 0 Å². The van der Waals surface area contributed by atoms with Crippen molar-refractivity contribution in [2.24, 2.45) is 0 Å². The Morgan fingerprint density at radius 3 is 2.75 bits per heavy atom. The summed E-state index contributed by atoms with van der Waals surface area (Å²) >= 11 is 0. The van der Waals surface area contributed by atoms with Gasteiger partial charge in [-0.2, -0.15) is 0 Å². The monoisotopic (exact) mass is 210 g/mol. The minimum atomic E-state index is 1.03. The predicted octanol–water partition coefficient (Wildman–Crippen LogP) is 4.46. The normalized spacial score (nSPS) is 14.8. The zero-order valence-electron chi connectivity index (χ0n) is 10.0. The molecule has 0 aromatic heterocycles. The lowest BCUT2D eigenvalue weighted by Crippen LogP contribution is -1.90. The standard InChI is InChI=1S/C16H18/c1-3-14-10-11-16(12-13(14)2)15-8-6-4-5-7-9-15/h4-8,10-12H,3,9H2,1-2H3. The van der Waals surface area contributed by atoms with E-state index in [9.17, 15) is 0 Å². The van der Waals surface area contributed by atoms with Crippen LogP contribution in [0.1, 0.15) is 30.0 Å². The number of allylic oxidation sites excluding steroid dienone is 6. The highest BCUT2D eigenvalue weighted by molar-refractivity contribution is 5.69. The van der Waals surface area contributed by atoms with E-state index in [1.807, 2.05) is 0 Å². The molecule has 16 heavy (non-hydrogen) atoms. The van der Waals surface area contributed by atoms with E-state index in [4.69, 9.17) is 0 Å². The van der Waals surface area contributed by atoms with E-state index in [-0.39, 0.29) is 0 Å². The summed E-state index contributed by atoms with van der Waals surface area (Å²) in [6, 6.07) is 6.80. The SMILES string of the molecule is CCc1ccc(C2=CC=CC=CC2)cc1C. The van der Waals surface area contributed by atoms with Gasteiger partial charge >= 0.3 is 0 Å². The fourth-order valence-electron chi connectivity index (χ4n) is 2.08. The molecule has 0 nitrogen and oxygen atoms in total. The fourth-order valence-corrected chi connectivity index (χ4v) is 2.08. The van der Waals surface area contributed by atoms with Crippen molar-refractivity contribution >= 4 is 5.57 Å². The van der Waals surface area contributed by atoms with Crippen LogP contribution in [-0.2, 0) is 6.42 Å². The van der Waals surface area contributed by atoms with Crippen LogP contribution in [0.5, 0.6) is 0 Å². The van der Waals surface area contributed by atoms with Gasteiger partial charge in [-0.05, 0) is 42.0 Å². The average molecular weight is 210 g/mol. The molecule has 0 unspecified atom stereocenters. The Labute approximate surface area is 98.0 Å². The summed E-state index contributed by atoms with van der Waals surface area (Å²) in [6.07, 6.45) is 12.9. The molecule has 1 aliphatic carbocycles. The minimum Gasteiger partial charge on any atom is -0.0801 e. The van der Waals surface area contributed by atoms with E-state index in [1.165, 1.54) is 22.3 Å². The second-order valence-corrected chi connectivity index (χ2v) is 4.20. The Balaban J connectivity index is 2.34. The van der Waals surface area contributed by atoms with Gasteiger partial charge in [0.1, 0.15) is 0 Å². The first kappa shape index (κ1) is 10.9. The van der Waals surface area contributed by atoms with Gasteiger partial charge in [0.05, 0.1) is 0 Å². The quantitative estimate of drug-likeness (QED) is 0.676. The Kier molecular flexibility index (Phi) is 3.40. The minimum absolute atomic E-state index is 1.03. The summed E-state index contributed by atoms with van der Waals surface area (Å²) in [4.78, 5) is 0. The molecule has 0 aliphatic heterocycles. The molecule has 0 atom stereocenters. The van der Waals surface area contributed by atoms with E-state index in [0.29, 0.717) is 0 Å². The average Bonchev–Trinajstić information content (AvgIpc) is 2.57. The van der Waals surface area contributed by atoms with Gasteiger partial charge in [0.25, 0.3) is 0 Å². The Morgan fingerprint density at radius 2 is 2.00 bits per heavy atom. The summed E-state index contributed by atoms with van der Waals surface area (Å²) in [6.45, 7) is 4.41. The number of benzene rings is 1. The van der Waals surface area contributed by atoms with Crippen molar-refractivity contribution in [2.45, 2.75) is 26.7 Å². The molecule has 0 radical (unpaired) electrons. The van der Waals surface area contributed by atoms with Gasteiger partial charge in [0.15, 0.2) is 0 Å². The highest BCUT2D eigenvalue weighted by Gasteiger charge is 2.03. The number of rotatable bonds is 2. The maximum absolute atomic E-state index is 2.30. The van der Waals surface area contributed by atoms with Crippen molar-refractivity contribution in [2.75, 3.05) is 0 Å². The summed E-state index contributed by atoms with van der Waals surface area (Å²) in [5, 5.41) is 0. The van der Waals surface area contributed by atoms with Crippen molar-refractivity contribution < 1.29 is 0 Å². The number of aryl methyl sites for hydroxylation is 2.